The van der Waals surface area contributed by atoms with E-state index in [1.807, 2.05) is 66.7 Å². The third kappa shape index (κ3) is 42.0. The number of ketones is 3. The summed E-state index contributed by atoms with van der Waals surface area (Å²) in [6.07, 6.45) is 10.7. The highest BCUT2D eigenvalue weighted by molar-refractivity contribution is 7.93. The van der Waals surface area contributed by atoms with Gasteiger partial charge in [0.15, 0.2) is 17.3 Å². The molecule has 150 heavy (non-hydrogen) atoms. The molecule has 0 aliphatic rings. The molecule has 0 aliphatic heterocycles. The standard InChI is InChI=1S/C22H22N2O4S.C19H24N2O4S.C19H23NO3S.C17H20N2O4S.C17H17NO4S.C16H15N3O4S/c1-28-16-15-17-11-13-18(14-12-17)23-22(25)20-9-5-6-10-21(20)24-29(26,27)19-7-3-2-4-8-19;1-3-14-26(23,24)21-18-7-5-4-6-17(18)19(22)20-16-10-8-15(9-11-16)12-13-25-2;1-3-4-7-15-10-12-16(13-11-15)14-19(21)17-8-5-6-9-18(17)20-24(2,22)23;1-23-12-11-13-7-9-14(10-8-13)18-17(20)15-5-3-4-6-16(15)19-24(2,21)22;1-12(19)14-7-5-6-13(10-14)11-17(20)15-8-3-4-9-16(15)18-23(2,21)22;1-23-15-8-7-12(9-11(15)10-17)18-16(20)13-5-3-4-6-14(13)19-24(2,21)22/h2-14,24H,15-16H2,1H3,(H,23,25);4-11,21H,3,12-14H2,1-2H3,(H,20,22);5-6,8-13,20H,3-4,7,14H2,1-2H3;3-10,19H,11-12H2,1-2H3,(H,18,20);3-10,18H,11H2,1-2H3;3-9,19H,1-2H3,(H,18,20). The van der Waals surface area contributed by atoms with E-state index in [2.05, 4.69) is 68.7 Å². The summed E-state index contributed by atoms with van der Waals surface area (Å²) in [7, 11) is -14.7. The molecule has 0 unspecified atom stereocenters. The first kappa shape index (κ1) is 120. The molecule has 0 spiro atoms. The first-order chi connectivity index (χ1) is 71.3. The molecule has 0 aromatic heterocycles. The van der Waals surface area contributed by atoms with Gasteiger partial charge in [0, 0.05) is 73.6 Å². The Bertz CT molecular complexity index is 7440. The fourth-order valence-corrected chi connectivity index (χ4v) is 18.6. The minimum atomic E-state index is -3.80. The summed E-state index contributed by atoms with van der Waals surface area (Å²) in [5.41, 5.74) is 12.4. The second-order valence-corrected chi connectivity index (χ2v) is 44.2. The van der Waals surface area contributed by atoms with Crippen LogP contribution in [-0.4, -0.2) is 171 Å². The fourth-order valence-electron chi connectivity index (χ4n) is 14.1. The molecule has 0 radical (unpaired) electrons. The maximum atomic E-state index is 12.7. The van der Waals surface area contributed by atoms with Gasteiger partial charge in [0.1, 0.15) is 11.8 Å². The number of carbonyl (C=O) groups is 7. The Kier molecular flexibility index (Phi) is 46.9. The Morgan fingerprint density at radius 3 is 0.953 bits per heavy atom. The van der Waals surface area contributed by atoms with Crippen molar-refractivity contribution in [2.75, 3.05) is 129 Å². The SMILES string of the molecule is CC(=O)c1cccc(CC(=O)c2ccccc2NS(C)(=O)=O)c1.CCCCc1ccc(CC(=O)c2ccccc2NS(C)(=O)=O)cc1.CCCS(=O)(=O)Nc1ccccc1C(=O)Nc1ccc(CCOC)cc1.COCCc1ccc(NC(=O)c2ccccc2NS(=O)(=O)c2ccccc2)cc1.COCCc1ccc(NC(=O)c2ccccc2NS(C)(=O)=O)cc1.COc1ccc(NC(=O)c2ccccc2NS(C)(=O)=O)cc1C#N. The van der Waals surface area contributed by atoms with Crippen molar-refractivity contribution in [3.8, 4) is 11.8 Å². The zero-order valence-electron chi connectivity index (χ0n) is 84.5. The Morgan fingerprint density at radius 1 is 0.307 bits per heavy atom. The molecule has 0 atom stereocenters. The van der Waals surface area contributed by atoms with E-state index in [1.54, 1.807) is 241 Å². The van der Waals surface area contributed by atoms with Gasteiger partial charge in [-0.25, -0.2) is 50.5 Å². The normalized spacial score (nSPS) is 11.0. The molecule has 13 aromatic rings. The molecule has 0 heterocycles. The van der Waals surface area contributed by atoms with Crippen LogP contribution in [0.4, 0.5) is 56.9 Å². The molecular weight excluding hydrogens is 2040 g/mol. The largest absolute Gasteiger partial charge is 0.495 e. The second-order valence-electron chi connectivity index (χ2n) is 33.6. The van der Waals surface area contributed by atoms with Gasteiger partial charge in [-0.05, 0) is 224 Å². The smallest absolute Gasteiger partial charge is 0.261 e. The molecule has 0 bridgehead atoms. The number of amides is 4. The monoisotopic (exact) mass is 2160 g/mol. The number of rotatable bonds is 43. The van der Waals surface area contributed by atoms with Crippen LogP contribution in [0.2, 0.25) is 0 Å². The summed E-state index contributed by atoms with van der Waals surface area (Å²) >= 11 is 0. The molecule has 0 aliphatic carbocycles. The van der Waals surface area contributed by atoms with Gasteiger partial charge in [0.25, 0.3) is 33.7 Å². The molecule has 40 heteroatoms. The number of benzene rings is 13. The van der Waals surface area contributed by atoms with Crippen LogP contribution in [0, 0.1) is 11.3 Å². The third-order valence-electron chi connectivity index (χ3n) is 21.3. The van der Waals surface area contributed by atoms with Crippen molar-refractivity contribution in [3.05, 3.63) is 393 Å². The molecule has 790 valence electrons. The molecule has 13 aromatic carbocycles. The van der Waals surface area contributed by atoms with E-state index in [0.717, 1.165) is 85.8 Å². The summed E-state index contributed by atoms with van der Waals surface area (Å²) in [6, 6.07) is 90.7. The Balaban J connectivity index is 0.000000219. The molecule has 34 nitrogen and oxygen atoms in total. The van der Waals surface area contributed by atoms with Crippen LogP contribution < -0.4 is 54.3 Å². The summed E-state index contributed by atoms with van der Waals surface area (Å²) in [6.45, 7) is 7.31. The number of ether oxygens (including phenoxy) is 4. The van der Waals surface area contributed by atoms with Crippen molar-refractivity contribution in [2.24, 2.45) is 0 Å². The minimum absolute atomic E-state index is 0.00584. The first-order valence-corrected chi connectivity index (χ1v) is 57.4. The average Bonchev–Trinajstić information content (AvgIpc) is 0.829. The highest BCUT2D eigenvalue weighted by atomic mass is 32.2. The number of aryl methyl sites for hydroxylation is 1. The quantitative estimate of drug-likeness (QED) is 0.0159. The lowest BCUT2D eigenvalue weighted by Gasteiger charge is -2.13. The molecule has 0 saturated heterocycles. The van der Waals surface area contributed by atoms with Crippen LogP contribution in [0.15, 0.2) is 320 Å². The molecule has 0 fully saturated rings. The van der Waals surface area contributed by atoms with Crippen molar-refractivity contribution in [2.45, 2.75) is 83.5 Å². The second kappa shape index (κ2) is 58.8. The number of nitriles is 1. The van der Waals surface area contributed by atoms with Crippen LogP contribution in [-0.2, 0) is 113 Å². The van der Waals surface area contributed by atoms with Gasteiger partial charge < -0.3 is 40.2 Å². The number of carbonyl (C=O) groups excluding carboxylic acids is 7. The molecule has 10 N–H and O–H groups in total. The first-order valence-electron chi connectivity index (χ1n) is 46.7. The Hall–Kier alpha value is -15.6. The molecule has 0 saturated carbocycles. The number of hydrogen-bond acceptors (Lipinski definition) is 24. The van der Waals surface area contributed by atoms with E-state index in [4.69, 9.17) is 24.2 Å². The molecule has 4 amide bonds. The Morgan fingerprint density at radius 2 is 0.613 bits per heavy atom. The van der Waals surface area contributed by atoms with Gasteiger partial charge in [0.2, 0.25) is 50.1 Å². The fraction of sp³-hybridized carbons (Fsp3) is 0.218. The molecule has 13 rings (SSSR count). The number of anilines is 10. The topological polar surface area (TPSA) is 505 Å². The zero-order valence-corrected chi connectivity index (χ0v) is 89.4. The van der Waals surface area contributed by atoms with Gasteiger partial charge in [-0.1, -0.05) is 190 Å². The summed E-state index contributed by atoms with van der Waals surface area (Å²) in [4.78, 5) is 86.7. The lowest BCUT2D eigenvalue weighted by molar-refractivity contribution is 0.0985. The highest BCUT2D eigenvalue weighted by Crippen LogP contribution is 2.30. The van der Waals surface area contributed by atoms with Crippen molar-refractivity contribution < 1.29 is 103 Å². The minimum Gasteiger partial charge on any atom is -0.495 e. The predicted molar refractivity (Wildman–Crippen MR) is 591 cm³/mol. The van der Waals surface area contributed by atoms with E-state index in [9.17, 15) is 84.1 Å². The Labute approximate surface area is 877 Å². The number of para-hydroxylation sites is 6. The van der Waals surface area contributed by atoms with Crippen molar-refractivity contribution >= 4 is 158 Å². The highest BCUT2D eigenvalue weighted by Gasteiger charge is 2.24. The van der Waals surface area contributed by atoms with Crippen molar-refractivity contribution in [1.29, 1.82) is 5.26 Å². The van der Waals surface area contributed by atoms with E-state index in [1.165, 1.54) is 49.9 Å². The number of methoxy groups -OCH3 is 4. The van der Waals surface area contributed by atoms with E-state index >= 15 is 0 Å². The number of nitrogens with zero attached hydrogens (tertiary/aromatic N) is 1. The van der Waals surface area contributed by atoms with Crippen LogP contribution in [0.3, 0.4) is 0 Å². The van der Waals surface area contributed by atoms with Crippen LogP contribution in [0.25, 0.3) is 0 Å². The lowest BCUT2D eigenvalue weighted by Crippen LogP contribution is -2.20. The number of Topliss-reactive ketones (excluding diaryl/α,β-unsaturated/α-hetero) is 3. The lowest BCUT2D eigenvalue weighted by atomic mass is 9.99. The predicted octanol–water partition coefficient (Wildman–Crippen LogP) is 18.4. The average molecular weight is 2160 g/mol. The van der Waals surface area contributed by atoms with Gasteiger partial charge in [-0.2, -0.15) is 5.26 Å². The maximum absolute atomic E-state index is 12.7. The van der Waals surface area contributed by atoms with Crippen molar-refractivity contribution in [1.82, 2.24) is 0 Å². The number of sulfonamides is 6. The maximum Gasteiger partial charge on any atom is 0.261 e. The zero-order chi connectivity index (χ0) is 110. The summed E-state index contributed by atoms with van der Waals surface area (Å²) in [5, 5.41) is 20.1. The van der Waals surface area contributed by atoms with Crippen LogP contribution in [0.5, 0.6) is 5.75 Å². The van der Waals surface area contributed by atoms with E-state index in [0.29, 0.717) is 82.7 Å². The van der Waals surface area contributed by atoms with Gasteiger partial charge in [-0.15, -0.1) is 0 Å². The molecular formula is C110H121N11O23S6. The van der Waals surface area contributed by atoms with E-state index in [-0.39, 0.29) is 109 Å². The third-order valence-corrected chi connectivity index (χ3v) is 26.5. The summed E-state index contributed by atoms with van der Waals surface area (Å²) < 4.78 is 175. The van der Waals surface area contributed by atoms with Gasteiger partial charge >= 0.3 is 0 Å². The van der Waals surface area contributed by atoms with Gasteiger partial charge in [-0.3, -0.25) is 61.9 Å². The number of nitrogens with one attached hydrogen (secondary N) is 10. The number of unbranched alkanes of at least 4 members (excludes halogenated alkanes) is 1. The van der Waals surface area contributed by atoms with Crippen molar-refractivity contribution in [3.63, 3.8) is 0 Å². The van der Waals surface area contributed by atoms with E-state index < -0.39 is 72.0 Å². The van der Waals surface area contributed by atoms with Gasteiger partial charge in [0.05, 0.1) is 125 Å². The summed E-state index contributed by atoms with van der Waals surface area (Å²) in [5.74, 6) is -1.66. The number of hydrogen-bond donors (Lipinski definition) is 10. The van der Waals surface area contributed by atoms with Crippen LogP contribution in [0.1, 0.15) is 151 Å². The van der Waals surface area contributed by atoms with Crippen LogP contribution >= 0.6 is 0 Å².